The van der Waals surface area contributed by atoms with E-state index in [1.165, 1.54) is 16.3 Å². The van der Waals surface area contributed by atoms with Gasteiger partial charge in [0.15, 0.2) is 0 Å². The Balaban J connectivity index is 1.95. The van der Waals surface area contributed by atoms with Crippen LogP contribution in [0, 0.1) is 0 Å². The van der Waals surface area contributed by atoms with Crippen molar-refractivity contribution in [2.45, 2.75) is 19.4 Å². The second-order valence-electron chi connectivity index (χ2n) is 6.30. The number of hydrogen-bond acceptors (Lipinski definition) is 4. The largest absolute Gasteiger partial charge is 0.347 e. The van der Waals surface area contributed by atoms with Gasteiger partial charge in [-0.25, -0.2) is 9.78 Å². The van der Waals surface area contributed by atoms with Gasteiger partial charge in [-0.05, 0) is 38.6 Å². The topological polar surface area (TPSA) is 58.4 Å². The fourth-order valence-electron chi connectivity index (χ4n) is 2.55. The predicted molar refractivity (Wildman–Crippen MR) is 98.4 cm³/mol. The molecule has 0 radical (unpaired) electrons. The van der Waals surface area contributed by atoms with E-state index in [0.29, 0.717) is 13.1 Å². The van der Waals surface area contributed by atoms with Crippen molar-refractivity contribution in [2.24, 2.45) is 0 Å². The third-order valence-electron chi connectivity index (χ3n) is 3.99. The number of amides is 1. The molecular formula is C19H26N4O2. The van der Waals surface area contributed by atoms with Gasteiger partial charge >= 0.3 is 5.69 Å². The van der Waals surface area contributed by atoms with Crippen molar-refractivity contribution in [3.05, 3.63) is 64.8 Å². The summed E-state index contributed by atoms with van der Waals surface area (Å²) in [6.45, 7) is 2.15. The summed E-state index contributed by atoms with van der Waals surface area (Å²) in [4.78, 5) is 31.9. The zero-order valence-corrected chi connectivity index (χ0v) is 15.0. The van der Waals surface area contributed by atoms with E-state index in [9.17, 15) is 9.59 Å². The molecule has 0 spiro atoms. The summed E-state index contributed by atoms with van der Waals surface area (Å²) in [7, 11) is 3.97. The molecule has 1 aromatic heterocycles. The molecule has 0 aliphatic carbocycles. The lowest BCUT2D eigenvalue weighted by Gasteiger charge is -2.24. The molecule has 1 aromatic carbocycles. The summed E-state index contributed by atoms with van der Waals surface area (Å²) in [6, 6.07) is 11.9. The van der Waals surface area contributed by atoms with Crippen LogP contribution in [0.1, 0.15) is 12.0 Å². The molecule has 0 saturated heterocycles. The van der Waals surface area contributed by atoms with Gasteiger partial charge in [-0.1, -0.05) is 30.3 Å². The van der Waals surface area contributed by atoms with Crippen LogP contribution in [-0.2, 0) is 17.8 Å². The minimum atomic E-state index is -0.396. The fraction of sp³-hybridized carbons (Fsp3) is 0.421. The van der Waals surface area contributed by atoms with Crippen LogP contribution in [0.5, 0.6) is 0 Å². The van der Waals surface area contributed by atoms with Crippen molar-refractivity contribution in [3.8, 4) is 0 Å². The molecule has 0 atom stereocenters. The Morgan fingerprint density at radius 1 is 1.08 bits per heavy atom. The maximum absolute atomic E-state index is 12.6. The lowest BCUT2D eigenvalue weighted by atomic mass is 10.1. The highest BCUT2D eigenvalue weighted by Gasteiger charge is 2.14. The van der Waals surface area contributed by atoms with Gasteiger partial charge in [-0.3, -0.25) is 9.36 Å². The Kier molecular flexibility index (Phi) is 7.35. The standard InChI is InChI=1S/C19H26N4O2/c1-21(2)14-15-22(12-6-10-17-8-4-3-5-9-17)18(24)16-23-13-7-11-20-19(23)25/h3-5,7-9,11,13H,6,10,12,14-16H2,1-2H3. The molecular weight excluding hydrogens is 316 g/mol. The van der Waals surface area contributed by atoms with Crippen LogP contribution in [0.15, 0.2) is 53.6 Å². The SMILES string of the molecule is CN(C)CCN(CCCc1ccccc1)C(=O)Cn1cccnc1=O. The summed E-state index contributed by atoms with van der Waals surface area (Å²) in [5.41, 5.74) is 0.874. The molecule has 1 heterocycles. The molecule has 0 fully saturated rings. The van der Waals surface area contributed by atoms with Crippen LogP contribution in [0.2, 0.25) is 0 Å². The molecule has 2 rings (SSSR count). The van der Waals surface area contributed by atoms with Crippen LogP contribution >= 0.6 is 0 Å². The van der Waals surface area contributed by atoms with E-state index in [1.54, 1.807) is 12.3 Å². The molecule has 0 bridgehead atoms. The Morgan fingerprint density at radius 2 is 1.84 bits per heavy atom. The van der Waals surface area contributed by atoms with E-state index < -0.39 is 5.69 Å². The van der Waals surface area contributed by atoms with Gasteiger partial charge in [0, 0.05) is 32.0 Å². The Hall–Kier alpha value is -2.47. The van der Waals surface area contributed by atoms with Crippen molar-refractivity contribution >= 4 is 5.91 Å². The Morgan fingerprint density at radius 3 is 2.52 bits per heavy atom. The van der Waals surface area contributed by atoms with E-state index in [2.05, 4.69) is 17.1 Å². The van der Waals surface area contributed by atoms with Crippen molar-refractivity contribution in [1.82, 2.24) is 19.4 Å². The van der Waals surface area contributed by atoms with Crippen LogP contribution in [0.4, 0.5) is 0 Å². The first-order chi connectivity index (χ1) is 12.1. The zero-order chi connectivity index (χ0) is 18.1. The zero-order valence-electron chi connectivity index (χ0n) is 15.0. The van der Waals surface area contributed by atoms with E-state index in [-0.39, 0.29) is 12.5 Å². The minimum absolute atomic E-state index is 0.0332. The minimum Gasteiger partial charge on any atom is -0.340 e. The smallest absolute Gasteiger partial charge is 0.340 e. The number of benzene rings is 1. The highest BCUT2D eigenvalue weighted by atomic mass is 16.2. The van der Waals surface area contributed by atoms with Gasteiger partial charge in [-0.2, -0.15) is 0 Å². The van der Waals surface area contributed by atoms with Crippen molar-refractivity contribution in [1.29, 1.82) is 0 Å². The maximum Gasteiger partial charge on any atom is 0.347 e. The summed E-state index contributed by atoms with van der Waals surface area (Å²) < 4.78 is 1.35. The van der Waals surface area contributed by atoms with Gasteiger partial charge < -0.3 is 9.80 Å². The average Bonchev–Trinajstić information content (AvgIpc) is 2.60. The molecule has 0 N–H and O–H groups in total. The number of aromatic nitrogens is 2. The van der Waals surface area contributed by atoms with Crippen LogP contribution in [0.25, 0.3) is 0 Å². The normalized spacial score (nSPS) is 10.8. The fourth-order valence-corrected chi connectivity index (χ4v) is 2.55. The molecule has 25 heavy (non-hydrogen) atoms. The van der Waals surface area contributed by atoms with E-state index >= 15 is 0 Å². The number of nitrogens with zero attached hydrogens (tertiary/aromatic N) is 4. The predicted octanol–water partition coefficient (Wildman–Crippen LogP) is 1.27. The molecule has 2 aromatic rings. The van der Waals surface area contributed by atoms with Gasteiger partial charge in [0.1, 0.15) is 6.54 Å². The molecule has 134 valence electrons. The summed E-state index contributed by atoms with van der Waals surface area (Å²) in [5, 5.41) is 0. The highest BCUT2D eigenvalue weighted by Crippen LogP contribution is 2.04. The third-order valence-corrected chi connectivity index (χ3v) is 3.99. The molecule has 0 aliphatic rings. The van der Waals surface area contributed by atoms with Crippen molar-refractivity contribution in [3.63, 3.8) is 0 Å². The second-order valence-corrected chi connectivity index (χ2v) is 6.30. The van der Waals surface area contributed by atoms with E-state index in [1.807, 2.05) is 42.1 Å². The highest BCUT2D eigenvalue weighted by molar-refractivity contribution is 5.76. The van der Waals surface area contributed by atoms with E-state index in [4.69, 9.17) is 0 Å². The van der Waals surface area contributed by atoms with Crippen molar-refractivity contribution < 1.29 is 4.79 Å². The third kappa shape index (κ3) is 6.51. The molecule has 0 saturated carbocycles. The molecule has 1 amide bonds. The summed E-state index contributed by atoms with van der Waals surface area (Å²) >= 11 is 0. The quantitative estimate of drug-likeness (QED) is 0.689. The number of rotatable bonds is 9. The van der Waals surface area contributed by atoms with Gasteiger partial charge in [0.2, 0.25) is 5.91 Å². The second kappa shape index (κ2) is 9.74. The Bertz CT molecular complexity index is 713. The summed E-state index contributed by atoms with van der Waals surface area (Å²) in [5.74, 6) is -0.0509. The lowest BCUT2D eigenvalue weighted by Crippen LogP contribution is -2.41. The Labute approximate surface area is 148 Å². The average molecular weight is 342 g/mol. The lowest BCUT2D eigenvalue weighted by molar-refractivity contribution is -0.132. The first kappa shape index (κ1) is 18.9. The molecule has 6 nitrogen and oxygen atoms in total. The molecule has 0 aliphatic heterocycles. The molecule has 0 unspecified atom stereocenters. The monoisotopic (exact) mass is 342 g/mol. The number of likely N-dealkylation sites (N-methyl/N-ethyl adjacent to an activating group) is 1. The van der Waals surface area contributed by atoms with Crippen LogP contribution in [-0.4, -0.2) is 59.0 Å². The van der Waals surface area contributed by atoms with Crippen molar-refractivity contribution in [2.75, 3.05) is 33.7 Å². The van der Waals surface area contributed by atoms with E-state index in [0.717, 1.165) is 19.4 Å². The summed E-state index contributed by atoms with van der Waals surface area (Å²) in [6.07, 6.45) is 4.86. The molecule has 6 heteroatoms. The van der Waals surface area contributed by atoms with Gasteiger partial charge in [0.25, 0.3) is 0 Å². The number of aryl methyl sites for hydroxylation is 1. The van der Waals surface area contributed by atoms with Crippen LogP contribution in [0.3, 0.4) is 0 Å². The van der Waals surface area contributed by atoms with Crippen LogP contribution < -0.4 is 5.69 Å². The number of carbonyl (C=O) groups is 1. The maximum atomic E-state index is 12.6. The number of carbonyl (C=O) groups excluding carboxylic acids is 1. The first-order valence-electron chi connectivity index (χ1n) is 8.54. The van der Waals surface area contributed by atoms with Gasteiger partial charge in [0.05, 0.1) is 0 Å². The number of hydrogen-bond donors (Lipinski definition) is 0. The van der Waals surface area contributed by atoms with Gasteiger partial charge in [-0.15, -0.1) is 0 Å². The first-order valence-corrected chi connectivity index (χ1v) is 8.54.